The van der Waals surface area contributed by atoms with Gasteiger partial charge in [0.2, 0.25) is 0 Å². The molecule has 1 aromatic rings. The SMILES string of the molecule is CC1(C)CC1C(=O)c1cncc(F)c1. The fourth-order valence-corrected chi connectivity index (χ4v) is 1.66. The summed E-state index contributed by atoms with van der Waals surface area (Å²) >= 11 is 0. The molecule has 1 saturated carbocycles. The van der Waals surface area contributed by atoms with Crippen LogP contribution in [0.25, 0.3) is 0 Å². The highest BCUT2D eigenvalue weighted by Gasteiger charge is 2.50. The van der Waals surface area contributed by atoms with Crippen LogP contribution in [0, 0.1) is 17.2 Å². The van der Waals surface area contributed by atoms with Gasteiger partial charge in [-0.05, 0) is 17.9 Å². The van der Waals surface area contributed by atoms with Crippen molar-refractivity contribution >= 4 is 5.78 Å². The minimum Gasteiger partial charge on any atom is -0.294 e. The van der Waals surface area contributed by atoms with Gasteiger partial charge in [-0.2, -0.15) is 0 Å². The Bertz CT molecular complexity index is 387. The third-order valence-corrected chi connectivity index (χ3v) is 2.82. The summed E-state index contributed by atoms with van der Waals surface area (Å²) in [5, 5.41) is 0. The van der Waals surface area contributed by atoms with Gasteiger partial charge in [0.05, 0.1) is 6.20 Å². The molecule has 14 heavy (non-hydrogen) atoms. The average Bonchev–Trinajstić information content (AvgIpc) is 2.74. The summed E-state index contributed by atoms with van der Waals surface area (Å²) in [4.78, 5) is 15.4. The van der Waals surface area contributed by atoms with Crippen LogP contribution in [0.15, 0.2) is 18.5 Å². The van der Waals surface area contributed by atoms with Crippen LogP contribution in [-0.4, -0.2) is 10.8 Å². The number of pyridine rings is 1. The van der Waals surface area contributed by atoms with Crippen LogP contribution < -0.4 is 0 Å². The Labute approximate surface area is 82.2 Å². The van der Waals surface area contributed by atoms with Crippen LogP contribution in [0.3, 0.4) is 0 Å². The number of Topliss-reactive ketones (excluding diaryl/α,β-unsaturated/α-hetero) is 1. The summed E-state index contributed by atoms with van der Waals surface area (Å²) < 4.78 is 12.8. The Morgan fingerprint density at radius 3 is 2.71 bits per heavy atom. The van der Waals surface area contributed by atoms with Gasteiger partial charge in [-0.15, -0.1) is 0 Å². The lowest BCUT2D eigenvalue weighted by molar-refractivity contribution is 0.0952. The van der Waals surface area contributed by atoms with Gasteiger partial charge in [0.1, 0.15) is 5.82 Å². The van der Waals surface area contributed by atoms with Crippen molar-refractivity contribution in [3.8, 4) is 0 Å². The first-order valence-electron chi connectivity index (χ1n) is 4.65. The van der Waals surface area contributed by atoms with E-state index in [1.165, 1.54) is 12.3 Å². The van der Waals surface area contributed by atoms with Crippen molar-refractivity contribution in [2.45, 2.75) is 20.3 Å². The molecule has 0 bridgehead atoms. The van der Waals surface area contributed by atoms with Crippen molar-refractivity contribution in [1.29, 1.82) is 0 Å². The summed E-state index contributed by atoms with van der Waals surface area (Å²) in [6.45, 7) is 4.09. The molecule has 1 atom stereocenters. The van der Waals surface area contributed by atoms with Crippen LogP contribution in [0.1, 0.15) is 30.6 Å². The summed E-state index contributed by atoms with van der Waals surface area (Å²) in [7, 11) is 0. The Morgan fingerprint density at radius 2 is 2.21 bits per heavy atom. The van der Waals surface area contributed by atoms with Crippen LogP contribution >= 0.6 is 0 Å². The fraction of sp³-hybridized carbons (Fsp3) is 0.455. The largest absolute Gasteiger partial charge is 0.294 e. The zero-order chi connectivity index (χ0) is 10.3. The van der Waals surface area contributed by atoms with E-state index in [1.807, 2.05) is 13.8 Å². The zero-order valence-corrected chi connectivity index (χ0v) is 8.25. The quantitative estimate of drug-likeness (QED) is 0.675. The maximum Gasteiger partial charge on any atom is 0.168 e. The molecule has 2 rings (SSSR count). The monoisotopic (exact) mass is 193 g/mol. The molecule has 74 valence electrons. The molecule has 1 unspecified atom stereocenters. The average molecular weight is 193 g/mol. The molecule has 0 spiro atoms. The summed E-state index contributed by atoms with van der Waals surface area (Å²) in [6.07, 6.45) is 3.43. The Hall–Kier alpha value is -1.25. The Balaban J connectivity index is 2.21. The van der Waals surface area contributed by atoms with E-state index in [0.29, 0.717) is 5.56 Å². The van der Waals surface area contributed by atoms with Crippen LogP contribution in [0.4, 0.5) is 4.39 Å². The van der Waals surface area contributed by atoms with E-state index in [1.54, 1.807) is 0 Å². The second-order valence-electron chi connectivity index (χ2n) is 4.50. The fourth-order valence-electron chi connectivity index (χ4n) is 1.66. The van der Waals surface area contributed by atoms with E-state index in [-0.39, 0.29) is 17.1 Å². The zero-order valence-electron chi connectivity index (χ0n) is 8.25. The van der Waals surface area contributed by atoms with E-state index in [0.717, 1.165) is 12.6 Å². The molecule has 3 heteroatoms. The van der Waals surface area contributed by atoms with Gasteiger partial charge in [-0.1, -0.05) is 13.8 Å². The molecule has 1 aliphatic rings. The standard InChI is InChI=1S/C11H12FNO/c1-11(2)4-9(11)10(14)7-3-8(12)6-13-5-7/h3,5-6,9H,4H2,1-2H3. The maximum absolute atomic E-state index is 12.8. The first kappa shape index (κ1) is 9.31. The highest BCUT2D eigenvalue weighted by Crippen LogP contribution is 2.53. The first-order chi connectivity index (χ1) is 6.50. The third kappa shape index (κ3) is 1.54. The van der Waals surface area contributed by atoms with Gasteiger partial charge in [-0.25, -0.2) is 4.39 Å². The van der Waals surface area contributed by atoms with Gasteiger partial charge in [0.25, 0.3) is 0 Å². The molecule has 0 amide bonds. The summed E-state index contributed by atoms with van der Waals surface area (Å²) in [5.41, 5.74) is 0.476. The minimum absolute atomic E-state index is 0.0157. The summed E-state index contributed by atoms with van der Waals surface area (Å²) in [6, 6.07) is 1.25. The molecule has 1 aromatic heterocycles. The topological polar surface area (TPSA) is 30.0 Å². The lowest BCUT2D eigenvalue weighted by Gasteiger charge is -2.02. The van der Waals surface area contributed by atoms with Crippen molar-refractivity contribution in [2.24, 2.45) is 11.3 Å². The molecule has 2 nitrogen and oxygen atoms in total. The van der Waals surface area contributed by atoms with Crippen molar-refractivity contribution in [3.63, 3.8) is 0 Å². The number of rotatable bonds is 2. The van der Waals surface area contributed by atoms with Gasteiger partial charge in [0.15, 0.2) is 5.78 Å². The molecule has 0 radical (unpaired) electrons. The molecule has 0 N–H and O–H groups in total. The van der Waals surface area contributed by atoms with Gasteiger partial charge in [-0.3, -0.25) is 9.78 Å². The molecule has 0 saturated heterocycles. The molecule has 0 aromatic carbocycles. The number of carbonyl (C=O) groups is 1. The molecule has 1 fully saturated rings. The van der Waals surface area contributed by atoms with Gasteiger partial charge >= 0.3 is 0 Å². The highest BCUT2D eigenvalue weighted by molar-refractivity contribution is 5.99. The van der Waals surface area contributed by atoms with Gasteiger partial charge in [0, 0.05) is 17.7 Å². The molecular weight excluding hydrogens is 181 g/mol. The van der Waals surface area contributed by atoms with E-state index < -0.39 is 5.82 Å². The van der Waals surface area contributed by atoms with Crippen molar-refractivity contribution in [3.05, 3.63) is 29.8 Å². The van der Waals surface area contributed by atoms with Crippen LogP contribution in [0.5, 0.6) is 0 Å². The smallest absolute Gasteiger partial charge is 0.168 e. The van der Waals surface area contributed by atoms with Crippen molar-refractivity contribution in [1.82, 2.24) is 4.98 Å². The molecule has 0 aliphatic heterocycles. The van der Waals surface area contributed by atoms with Crippen molar-refractivity contribution < 1.29 is 9.18 Å². The molecular formula is C11H12FNO. The van der Waals surface area contributed by atoms with Crippen LogP contribution in [-0.2, 0) is 0 Å². The number of hydrogen-bond acceptors (Lipinski definition) is 2. The second kappa shape index (κ2) is 2.87. The number of nitrogens with zero attached hydrogens (tertiary/aromatic N) is 1. The first-order valence-corrected chi connectivity index (χ1v) is 4.65. The predicted octanol–water partition coefficient (Wildman–Crippen LogP) is 2.45. The van der Waals surface area contributed by atoms with Crippen molar-refractivity contribution in [2.75, 3.05) is 0 Å². The van der Waals surface area contributed by atoms with E-state index in [4.69, 9.17) is 0 Å². The lowest BCUT2D eigenvalue weighted by Crippen LogP contribution is -2.07. The van der Waals surface area contributed by atoms with Crippen LogP contribution in [0.2, 0.25) is 0 Å². The third-order valence-electron chi connectivity index (χ3n) is 2.82. The normalized spacial score (nSPS) is 23.2. The predicted molar refractivity (Wildman–Crippen MR) is 50.4 cm³/mol. The number of hydrogen-bond donors (Lipinski definition) is 0. The summed E-state index contributed by atoms with van der Waals surface area (Å²) in [5.74, 6) is -0.387. The van der Waals surface area contributed by atoms with E-state index in [9.17, 15) is 9.18 Å². The number of halogens is 1. The highest BCUT2D eigenvalue weighted by atomic mass is 19.1. The molecule has 1 heterocycles. The van der Waals surface area contributed by atoms with E-state index in [2.05, 4.69) is 4.98 Å². The lowest BCUT2D eigenvalue weighted by atomic mass is 10.0. The Morgan fingerprint density at radius 1 is 1.57 bits per heavy atom. The number of ketones is 1. The number of carbonyl (C=O) groups excluding carboxylic acids is 1. The Kier molecular flexibility index (Phi) is 1.91. The second-order valence-corrected chi connectivity index (χ2v) is 4.50. The number of aromatic nitrogens is 1. The minimum atomic E-state index is -0.450. The van der Waals surface area contributed by atoms with Gasteiger partial charge < -0.3 is 0 Å². The maximum atomic E-state index is 12.8. The molecule has 1 aliphatic carbocycles. The van der Waals surface area contributed by atoms with E-state index >= 15 is 0 Å².